The summed E-state index contributed by atoms with van der Waals surface area (Å²) in [6.45, 7) is 13.1. The lowest BCUT2D eigenvalue weighted by Crippen LogP contribution is -2.69. The van der Waals surface area contributed by atoms with Crippen molar-refractivity contribution in [3.8, 4) is 0 Å². The predicted molar refractivity (Wildman–Crippen MR) is 132 cm³/mol. The van der Waals surface area contributed by atoms with Crippen molar-refractivity contribution in [3.05, 3.63) is 16.1 Å². The van der Waals surface area contributed by atoms with Crippen LogP contribution in [0, 0.1) is 18.3 Å². The first kappa shape index (κ1) is 24.8. The average Bonchev–Trinajstić information content (AvgIpc) is 3.09. The molecule has 3 rings (SSSR count). The van der Waals surface area contributed by atoms with Crippen LogP contribution in [0.5, 0.6) is 0 Å². The maximum absolute atomic E-state index is 5.73. The number of methoxy groups -OCH3 is 1. The molecule has 6 nitrogen and oxygen atoms in total. The maximum Gasteiger partial charge on any atom is 0.191 e. The highest BCUT2D eigenvalue weighted by molar-refractivity contribution is 14.0. The molecule has 1 aromatic heterocycles. The van der Waals surface area contributed by atoms with Gasteiger partial charge in [-0.3, -0.25) is 9.89 Å². The van der Waals surface area contributed by atoms with Crippen LogP contribution in [0.4, 0.5) is 0 Å². The van der Waals surface area contributed by atoms with Crippen LogP contribution in [0.3, 0.4) is 0 Å². The number of hydrogen-bond donors (Lipinski definition) is 2. The standard InChI is InChI=1S/C21H37N5OS.HI/c1-15-24-17(14-28-15)13-26-9-7-16(8-10-26)12-23-19(22-5)25-18-11-21(4,27-6)20(18,2)3;/h14,16,18H,7-13H2,1-6H3,(H2,22,23,25);1H. The topological polar surface area (TPSA) is 61.8 Å². The molecule has 8 heteroatoms. The van der Waals surface area contributed by atoms with Crippen LogP contribution in [0.2, 0.25) is 0 Å². The number of nitrogens with one attached hydrogen (secondary N) is 2. The van der Waals surface area contributed by atoms with E-state index in [0.717, 1.165) is 43.6 Å². The van der Waals surface area contributed by atoms with E-state index in [1.165, 1.54) is 18.5 Å². The van der Waals surface area contributed by atoms with E-state index in [9.17, 15) is 0 Å². The second-order valence-electron chi connectivity index (χ2n) is 9.09. The molecule has 2 fully saturated rings. The van der Waals surface area contributed by atoms with Gasteiger partial charge in [0.25, 0.3) is 0 Å². The minimum atomic E-state index is -0.0633. The Hall–Kier alpha value is -0.450. The molecule has 0 bridgehead atoms. The summed E-state index contributed by atoms with van der Waals surface area (Å²) in [6, 6.07) is 0.382. The van der Waals surface area contributed by atoms with Crippen molar-refractivity contribution < 1.29 is 4.74 Å². The molecule has 0 radical (unpaired) electrons. The number of aliphatic imine (C=N–C) groups is 1. The largest absolute Gasteiger partial charge is 0.378 e. The Morgan fingerprint density at radius 2 is 2.03 bits per heavy atom. The lowest BCUT2D eigenvalue weighted by atomic mass is 9.56. The van der Waals surface area contributed by atoms with Crippen molar-refractivity contribution in [2.24, 2.45) is 16.3 Å². The van der Waals surface area contributed by atoms with Crippen molar-refractivity contribution in [1.82, 2.24) is 20.5 Å². The quantitative estimate of drug-likeness (QED) is 0.331. The Bertz CT molecular complexity index is 686. The summed E-state index contributed by atoms with van der Waals surface area (Å²) >= 11 is 1.74. The highest BCUT2D eigenvalue weighted by Crippen LogP contribution is 2.51. The number of aromatic nitrogens is 1. The molecule has 1 saturated heterocycles. The molecule has 0 aromatic carbocycles. The summed E-state index contributed by atoms with van der Waals surface area (Å²) in [5.41, 5.74) is 1.24. The van der Waals surface area contributed by atoms with Crippen molar-refractivity contribution in [2.45, 2.75) is 65.1 Å². The van der Waals surface area contributed by atoms with E-state index in [-0.39, 0.29) is 35.0 Å². The van der Waals surface area contributed by atoms with Gasteiger partial charge < -0.3 is 15.4 Å². The molecule has 29 heavy (non-hydrogen) atoms. The zero-order chi connectivity index (χ0) is 20.4. The molecule has 2 N–H and O–H groups in total. The molecule has 0 amide bonds. The van der Waals surface area contributed by atoms with Crippen LogP contribution in [0.1, 0.15) is 50.7 Å². The molecule has 2 atom stereocenters. The first-order chi connectivity index (χ1) is 13.3. The van der Waals surface area contributed by atoms with Gasteiger partial charge in [0.15, 0.2) is 5.96 Å². The van der Waals surface area contributed by atoms with Crippen LogP contribution in [-0.2, 0) is 11.3 Å². The van der Waals surface area contributed by atoms with E-state index < -0.39 is 0 Å². The van der Waals surface area contributed by atoms with Crippen molar-refractivity contribution in [2.75, 3.05) is 33.8 Å². The van der Waals surface area contributed by atoms with Gasteiger partial charge in [-0.05, 0) is 52.1 Å². The normalized spacial score (nSPS) is 27.8. The molecule has 166 valence electrons. The minimum Gasteiger partial charge on any atom is -0.378 e. The number of rotatable bonds is 6. The monoisotopic (exact) mass is 535 g/mol. The number of guanidine groups is 1. The van der Waals surface area contributed by atoms with Gasteiger partial charge in [0.1, 0.15) is 0 Å². The molecule has 2 aliphatic rings. The fourth-order valence-electron chi connectivity index (χ4n) is 4.38. The van der Waals surface area contributed by atoms with E-state index in [2.05, 4.69) is 58.6 Å². The van der Waals surface area contributed by atoms with E-state index in [1.54, 1.807) is 11.3 Å². The second kappa shape index (κ2) is 10.2. The number of aryl methyl sites for hydroxylation is 1. The Morgan fingerprint density at radius 1 is 1.34 bits per heavy atom. The van der Waals surface area contributed by atoms with E-state index in [0.29, 0.717) is 12.0 Å². The first-order valence-corrected chi connectivity index (χ1v) is 11.3. The van der Waals surface area contributed by atoms with Gasteiger partial charge in [-0.1, -0.05) is 13.8 Å². The Labute approximate surface area is 197 Å². The maximum atomic E-state index is 5.73. The number of halogens is 1. The summed E-state index contributed by atoms with van der Waals surface area (Å²) in [4.78, 5) is 11.6. The number of piperidine rings is 1. The third-order valence-electron chi connectivity index (χ3n) is 7.13. The van der Waals surface area contributed by atoms with Crippen LogP contribution in [0.25, 0.3) is 0 Å². The molecule has 0 spiro atoms. The zero-order valence-corrected chi connectivity index (χ0v) is 21.9. The van der Waals surface area contributed by atoms with Gasteiger partial charge in [0.2, 0.25) is 0 Å². The van der Waals surface area contributed by atoms with Crippen LogP contribution < -0.4 is 10.6 Å². The summed E-state index contributed by atoms with van der Waals surface area (Å²) in [5.74, 6) is 1.61. The minimum absolute atomic E-state index is 0. The Balaban J connectivity index is 0.00000300. The van der Waals surface area contributed by atoms with Gasteiger partial charge in [0.05, 0.1) is 16.3 Å². The fourth-order valence-corrected chi connectivity index (χ4v) is 4.99. The Kier molecular flexibility index (Phi) is 8.76. The molecular weight excluding hydrogens is 497 g/mol. The van der Waals surface area contributed by atoms with Gasteiger partial charge >= 0.3 is 0 Å². The van der Waals surface area contributed by atoms with Crippen molar-refractivity contribution in [3.63, 3.8) is 0 Å². The third-order valence-corrected chi connectivity index (χ3v) is 7.95. The lowest BCUT2D eigenvalue weighted by molar-refractivity contribution is -0.176. The number of thiazole rings is 1. The molecule has 2 heterocycles. The van der Waals surface area contributed by atoms with Gasteiger partial charge in [-0.15, -0.1) is 35.3 Å². The van der Waals surface area contributed by atoms with Crippen molar-refractivity contribution in [1.29, 1.82) is 0 Å². The number of ether oxygens (including phenoxy) is 1. The van der Waals surface area contributed by atoms with Crippen LogP contribution >= 0.6 is 35.3 Å². The lowest BCUT2D eigenvalue weighted by Gasteiger charge is -2.59. The van der Waals surface area contributed by atoms with Gasteiger partial charge in [-0.25, -0.2) is 4.98 Å². The number of likely N-dealkylation sites (tertiary alicyclic amines) is 1. The van der Waals surface area contributed by atoms with Crippen LogP contribution in [-0.4, -0.2) is 61.3 Å². The zero-order valence-electron chi connectivity index (χ0n) is 18.7. The average molecular weight is 536 g/mol. The molecule has 2 unspecified atom stereocenters. The number of nitrogens with zero attached hydrogens (tertiary/aromatic N) is 3. The molecule has 1 aromatic rings. The van der Waals surface area contributed by atoms with Crippen LogP contribution in [0.15, 0.2) is 10.4 Å². The fraction of sp³-hybridized carbons (Fsp3) is 0.810. The molecule has 1 aliphatic carbocycles. The van der Waals surface area contributed by atoms with Gasteiger partial charge in [0, 0.05) is 44.1 Å². The molecular formula is C21H38IN5OS. The second-order valence-corrected chi connectivity index (χ2v) is 10.2. The molecule has 1 saturated carbocycles. The highest BCUT2D eigenvalue weighted by Gasteiger charge is 2.58. The summed E-state index contributed by atoms with van der Waals surface area (Å²) in [6.07, 6.45) is 3.46. The highest BCUT2D eigenvalue weighted by atomic mass is 127. The van der Waals surface area contributed by atoms with E-state index in [4.69, 9.17) is 4.74 Å². The van der Waals surface area contributed by atoms with E-state index >= 15 is 0 Å². The first-order valence-electron chi connectivity index (χ1n) is 10.4. The molecule has 1 aliphatic heterocycles. The SMILES string of the molecule is CN=C(NCC1CCN(Cc2csc(C)n2)CC1)NC1CC(C)(OC)C1(C)C.I. The van der Waals surface area contributed by atoms with E-state index in [1.807, 2.05) is 14.2 Å². The summed E-state index contributed by atoms with van der Waals surface area (Å²) < 4.78 is 5.73. The smallest absolute Gasteiger partial charge is 0.191 e. The summed E-state index contributed by atoms with van der Waals surface area (Å²) in [7, 11) is 3.67. The Morgan fingerprint density at radius 3 is 2.55 bits per heavy atom. The summed E-state index contributed by atoms with van der Waals surface area (Å²) in [5, 5.41) is 10.5. The number of hydrogen-bond acceptors (Lipinski definition) is 5. The van der Waals surface area contributed by atoms with Gasteiger partial charge in [-0.2, -0.15) is 0 Å². The predicted octanol–water partition coefficient (Wildman–Crippen LogP) is 3.65. The van der Waals surface area contributed by atoms with Crippen molar-refractivity contribution >= 4 is 41.3 Å². The third kappa shape index (κ3) is 5.62.